The van der Waals surface area contributed by atoms with Gasteiger partial charge in [0.15, 0.2) is 5.78 Å². The highest BCUT2D eigenvalue weighted by molar-refractivity contribution is 6.02. The molecule has 2 heterocycles. The van der Waals surface area contributed by atoms with Crippen molar-refractivity contribution in [3.05, 3.63) is 70.7 Å². The topological polar surface area (TPSA) is 63.2 Å². The lowest BCUT2D eigenvalue weighted by Gasteiger charge is -2.38. The number of hydrogen-bond donors (Lipinski definition) is 2. The van der Waals surface area contributed by atoms with Crippen molar-refractivity contribution >= 4 is 34.8 Å². The number of ketones is 1. The second-order valence-electron chi connectivity index (χ2n) is 8.70. The third kappa shape index (κ3) is 5.15. The van der Waals surface area contributed by atoms with E-state index in [0.717, 1.165) is 30.1 Å². The van der Waals surface area contributed by atoms with Crippen molar-refractivity contribution in [2.75, 3.05) is 25.5 Å². The highest BCUT2D eigenvalue weighted by atomic mass is 35.5. The van der Waals surface area contributed by atoms with Gasteiger partial charge in [-0.1, -0.05) is 18.2 Å². The van der Waals surface area contributed by atoms with Gasteiger partial charge in [-0.3, -0.25) is 9.78 Å². The van der Waals surface area contributed by atoms with Gasteiger partial charge in [-0.2, -0.15) is 0 Å². The SMILES string of the molecule is COC1(c2cc3c(N[C@H](C)c4cccc(C(F)F)c4F)ccnc3cc2C(C)=O)CCNCC1.Cl. The zero-order valence-corrected chi connectivity index (χ0v) is 20.6. The molecule has 1 saturated heterocycles. The van der Waals surface area contributed by atoms with Gasteiger partial charge >= 0.3 is 0 Å². The fourth-order valence-electron chi connectivity index (χ4n) is 4.78. The number of alkyl halides is 2. The molecule has 1 aromatic heterocycles. The molecule has 4 rings (SSSR count). The number of anilines is 1. The number of piperidine rings is 1. The Morgan fingerprint density at radius 1 is 1.17 bits per heavy atom. The van der Waals surface area contributed by atoms with Crippen LogP contribution in [0.15, 0.2) is 42.6 Å². The summed E-state index contributed by atoms with van der Waals surface area (Å²) >= 11 is 0. The molecule has 1 aliphatic rings. The highest BCUT2D eigenvalue weighted by Crippen LogP contribution is 2.40. The third-order valence-electron chi connectivity index (χ3n) is 6.69. The van der Waals surface area contributed by atoms with Crippen LogP contribution in [0.1, 0.15) is 66.2 Å². The summed E-state index contributed by atoms with van der Waals surface area (Å²) in [7, 11) is 1.66. The fourth-order valence-corrected chi connectivity index (χ4v) is 4.78. The normalized spacial score (nSPS) is 16.1. The molecular formula is C26H29ClF3N3O2. The molecule has 35 heavy (non-hydrogen) atoms. The van der Waals surface area contributed by atoms with E-state index in [1.807, 2.05) is 6.07 Å². The molecule has 5 nitrogen and oxygen atoms in total. The molecule has 0 unspecified atom stereocenters. The number of ether oxygens (including phenoxy) is 1. The summed E-state index contributed by atoms with van der Waals surface area (Å²) in [5.74, 6) is -0.991. The molecular weight excluding hydrogens is 479 g/mol. The molecule has 0 saturated carbocycles. The number of Topliss-reactive ketones (excluding diaryl/α,β-unsaturated/α-hetero) is 1. The monoisotopic (exact) mass is 507 g/mol. The van der Waals surface area contributed by atoms with E-state index >= 15 is 0 Å². The Balaban J connectivity index is 0.00000342. The minimum Gasteiger partial charge on any atom is -0.378 e. The van der Waals surface area contributed by atoms with Crippen LogP contribution in [0, 0.1) is 5.82 Å². The Hall–Kier alpha value is -2.68. The van der Waals surface area contributed by atoms with Crippen molar-refractivity contribution in [2.24, 2.45) is 0 Å². The molecule has 0 amide bonds. The molecule has 2 aromatic carbocycles. The summed E-state index contributed by atoms with van der Waals surface area (Å²) in [6.45, 7) is 4.77. The Morgan fingerprint density at radius 3 is 2.49 bits per heavy atom. The lowest BCUT2D eigenvalue weighted by molar-refractivity contribution is -0.0394. The van der Waals surface area contributed by atoms with Crippen molar-refractivity contribution in [1.29, 1.82) is 0 Å². The van der Waals surface area contributed by atoms with Crippen LogP contribution in [-0.4, -0.2) is 31.0 Å². The summed E-state index contributed by atoms with van der Waals surface area (Å²) in [4.78, 5) is 17.0. The average Bonchev–Trinajstić information content (AvgIpc) is 2.83. The standard InChI is InChI=1S/C26H28F3N3O2.ClH/c1-15(17-5-4-6-18(24(17)27)25(28)29)32-22-7-10-31-23-14-19(16(2)33)21(13-20(22)23)26(34-3)8-11-30-12-9-26;/h4-7,10,13-15,25,30H,8-9,11-12H2,1-3H3,(H,31,32);1H/t15-;/m1./s1. The number of hydrogen-bond acceptors (Lipinski definition) is 5. The largest absolute Gasteiger partial charge is 0.378 e. The summed E-state index contributed by atoms with van der Waals surface area (Å²) in [5.41, 5.74) is 1.54. The minimum absolute atomic E-state index is 0. The van der Waals surface area contributed by atoms with E-state index in [0.29, 0.717) is 29.6 Å². The second-order valence-corrected chi connectivity index (χ2v) is 8.70. The van der Waals surface area contributed by atoms with Gasteiger partial charge in [-0.05, 0) is 63.5 Å². The first-order chi connectivity index (χ1) is 16.3. The zero-order chi connectivity index (χ0) is 24.5. The first-order valence-corrected chi connectivity index (χ1v) is 11.3. The van der Waals surface area contributed by atoms with Crippen molar-refractivity contribution < 1.29 is 22.7 Å². The van der Waals surface area contributed by atoms with Gasteiger partial charge in [0.05, 0.1) is 22.7 Å². The molecule has 1 fully saturated rings. The average molecular weight is 508 g/mol. The number of pyridine rings is 1. The molecule has 1 aliphatic heterocycles. The van der Waals surface area contributed by atoms with Crippen LogP contribution in [0.5, 0.6) is 0 Å². The molecule has 2 N–H and O–H groups in total. The molecule has 3 aromatic rings. The number of aromatic nitrogens is 1. The number of halogens is 4. The van der Waals surface area contributed by atoms with Crippen molar-refractivity contribution in [1.82, 2.24) is 10.3 Å². The van der Waals surface area contributed by atoms with E-state index in [1.165, 1.54) is 19.1 Å². The van der Waals surface area contributed by atoms with Crippen LogP contribution in [0.4, 0.5) is 18.9 Å². The van der Waals surface area contributed by atoms with E-state index in [2.05, 4.69) is 15.6 Å². The lowest BCUT2D eigenvalue weighted by atomic mass is 9.80. The van der Waals surface area contributed by atoms with Crippen LogP contribution in [0.3, 0.4) is 0 Å². The smallest absolute Gasteiger partial charge is 0.266 e. The number of benzene rings is 2. The van der Waals surface area contributed by atoms with Crippen molar-refractivity contribution in [3.63, 3.8) is 0 Å². The van der Waals surface area contributed by atoms with Crippen LogP contribution in [0.2, 0.25) is 0 Å². The molecule has 1 atom stereocenters. The van der Waals surface area contributed by atoms with Gasteiger partial charge in [-0.15, -0.1) is 12.4 Å². The zero-order valence-electron chi connectivity index (χ0n) is 19.8. The summed E-state index contributed by atoms with van der Waals surface area (Å²) in [5, 5.41) is 7.32. The number of fused-ring (bicyclic) bond motifs is 1. The first-order valence-electron chi connectivity index (χ1n) is 11.3. The summed E-state index contributed by atoms with van der Waals surface area (Å²) < 4.78 is 47.1. The lowest BCUT2D eigenvalue weighted by Crippen LogP contribution is -2.42. The Bertz CT molecular complexity index is 1220. The van der Waals surface area contributed by atoms with Crippen LogP contribution in [0.25, 0.3) is 10.9 Å². The number of nitrogens with zero attached hydrogens (tertiary/aromatic N) is 1. The maximum Gasteiger partial charge on any atom is 0.266 e. The molecule has 0 bridgehead atoms. The van der Waals surface area contributed by atoms with E-state index in [1.54, 1.807) is 32.4 Å². The summed E-state index contributed by atoms with van der Waals surface area (Å²) in [6, 6.07) is 8.88. The fraction of sp³-hybridized carbons (Fsp3) is 0.385. The van der Waals surface area contributed by atoms with E-state index < -0.39 is 29.4 Å². The Kier molecular flexibility index (Phi) is 8.41. The first kappa shape index (κ1) is 26.9. The van der Waals surface area contributed by atoms with Gasteiger partial charge in [0.1, 0.15) is 5.82 Å². The number of carbonyl (C=O) groups is 1. The van der Waals surface area contributed by atoms with Crippen LogP contribution < -0.4 is 10.6 Å². The number of methoxy groups -OCH3 is 1. The van der Waals surface area contributed by atoms with Gasteiger partial charge in [-0.25, -0.2) is 13.2 Å². The Labute approximate surface area is 208 Å². The molecule has 0 radical (unpaired) electrons. The second kappa shape index (κ2) is 10.9. The van der Waals surface area contributed by atoms with Crippen LogP contribution >= 0.6 is 12.4 Å². The quantitative estimate of drug-likeness (QED) is 0.366. The van der Waals surface area contributed by atoms with Crippen molar-refractivity contribution in [2.45, 2.75) is 44.8 Å². The minimum atomic E-state index is -2.89. The summed E-state index contributed by atoms with van der Waals surface area (Å²) in [6.07, 6.45) is 0.126. The number of carbonyl (C=O) groups excluding carboxylic acids is 1. The maximum atomic E-state index is 14.7. The van der Waals surface area contributed by atoms with E-state index in [9.17, 15) is 18.0 Å². The van der Waals surface area contributed by atoms with E-state index in [4.69, 9.17) is 4.74 Å². The molecule has 0 spiro atoms. The van der Waals surface area contributed by atoms with Gasteiger partial charge < -0.3 is 15.4 Å². The predicted octanol–water partition coefficient (Wildman–Crippen LogP) is 6.33. The molecule has 9 heteroatoms. The predicted molar refractivity (Wildman–Crippen MR) is 133 cm³/mol. The number of rotatable bonds is 7. The van der Waals surface area contributed by atoms with Gasteiger partial charge in [0, 0.05) is 35.5 Å². The van der Waals surface area contributed by atoms with Crippen molar-refractivity contribution in [3.8, 4) is 0 Å². The number of nitrogens with one attached hydrogen (secondary N) is 2. The van der Waals surface area contributed by atoms with Gasteiger partial charge in [0.25, 0.3) is 6.43 Å². The van der Waals surface area contributed by atoms with Gasteiger partial charge in [0.2, 0.25) is 0 Å². The Morgan fingerprint density at radius 2 is 1.86 bits per heavy atom. The molecule has 0 aliphatic carbocycles. The maximum absolute atomic E-state index is 14.7. The highest BCUT2D eigenvalue weighted by Gasteiger charge is 2.37. The van der Waals surface area contributed by atoms with E-state index in [-0.39, 0.29) is 23.8 Å². The molecule has 188 valence electrons. The van der Waals surface area contributed by atoms with Crippen LogP contribution in [-0.2, 0) is 10.3 Å². The third-order valence-corrected chi connectivity index (χ3v) is 6.69.